The number of rotatable bonds is 9. The first-order chi connectivity index (χ1) is 19.5. The van der Waals surface area contributed by atoms with Crippen LogP contribution in [0.3, 0.4) is 0 Å². The van der Waals surface area contributed by atoms with Gasteiger partial charge in [0.1, 0.15) is 18.0 Å². The number of piperazine rings is 1. The highest BCUT2D eigenvalue weighted by atomic mass is 16.6. The number of aromatic hydroxyl groups is 1. The number of phenols is 1. The van der Waals surface area contributed by atoms with Crippen LogP contribution in [0.5, 0.6) is 5.75 Å². The average Bonchev–Trinajstić information content (AvgIpc) is 2.98. The van der Waals surface area contributed by atoms with E-state index in [1.54, 1.807) is 39.0 Å². The van der Waals surface area contributed by atoms with Gasteiger partial charge in [-0.1, -0.05) is 72.8 Å². The molecule has 8 nitrogen and oxygen atoms in total. The minimum absolute atomic E-state index is 0.0704. The maximum absolute atomic E-state index is 13.8. The predicted molar refractivity (Wildman–Crippen MR) is 150 cm³/mol. The van der Waals surface area contributed by atoms with E-state index < -0.39 is 18.3 Å². The van der Waals surface area contributed by atoms with E-state index in [4.69, 9.17) is 4.74 Å². The maximum atomic E-state index is 13.8. The van der Waals surface area contributed by atoms with Gasteiger partial charge < -0.3 is 19.6 Å². The van der Waals surface area contributed by atoms with Crippen LogP contribution in [0.4, 0.5) is 4.79 Å². The molecule has 0 unspecified atom stereocenters. The number of hydrogen-bond donors (Lipinski definition) is 1. The van der Waals surface area contributed by atoms with Gasteiger partial charge in [0.15, 0.2) is 0 Å². The van der Waals surface area contributed by atoms with E-state index in [-0.39, 0.29) is 43.7 Å². The summed E-state index contributed by atoms with van der Waals surface area (Å²) < 4.78 is 5.64. The highest BCUT2D eigenvalue weighted by Gasteiger charge is 2.48. The van der Waals surface area contributed by atoms with Gasteiger partial charge >= 0.3 is 6.09 Å². The number of nitrogens with zero attached hydrogens (tertiary/aromatic N) is 3. The quantitative estimate of drug-likeness (QED) is 0.442. The monoisotopic (exact) mass is 541 g/mol. The lowest BCUT2D eigenvalue weighted by atomic mass is 9.97. The van der Waals surface area contributed by atoms with Gasteiger partial charge in [-0.05, 0) is 48.1 Å². The normalized spacial score (nSPS) is 18.9. The number of fused-ring (bicyclic) bond motifs is 1. The van der Waals surface area contributed by atoms with Crippen LogP contribution in [-0.4, -0.2) is 76.2 Å². The molecule has 208 valence electrons. The molecular weight excluding hydrogens is 506 g/mol. The molecule has 3 aromatic rings. The molecule has 2 heterocycles. The molecule has 40 heavy (non-hydrogen) atoms. The standard InChI is InChI=1S/C32H35N3O5/c36-27-14-11-26(12-15-27)19-22-40-32(39)34-21-18-30(37)35-28(16-13-24-7-3-1-4-8-24)31(38)33(23-29(34)35)20-17-25-9-5-2-6-10-25/h1-12,14-15,28-29,36H,13,16-23H2/t28-,29+/m0/s1. The first kappa shape index (κ1) is 27.2. The Balaban J connectivity index is 1.31. The molecule has 2 saturated heterocycles. The van der Waals surface area contributed by atoms with Crippen molar-refractivity contribution in [2.45, 2.75) is 44.3 Å². The summed E-state index contributed by atoms with van der Waals surface area (Å²) >= 11 is 0. The van der Waals surface area contributed by atoms with Crippen LogP contribution in [0.2, 0.25) is 0 Å². The third-order valence-electron chi connectivity index (χ3n) is 7.70. The molecule has 0 aliphatic carbocycles. The predicted octanol–water partition coefficient (Wildman–Crippen LogP) is 4.02. The van der Waals surface area contributed by atoms with Crippen LogP contribution in [0, 0.1) is 0 Å². The van der Waals surface area contributed by atoms with E-state index in [1.165, 1.54) is 0 Å². The van der Waals surface area contributed by atoms with Crippen LogP contribution in [0.25, 0.3) is 0 Å². The summed E-state index contributed by atoms with van der Waals surface area (Å²) in [7, 11) is 0. The molecule has 2 atom stereocenters. The zero-order valence-electron chi connectivity index (χ0n) is 22.5. The minimum Gasteiger partial charge on any atom is -0.508 e. The number of carbonyl (C=O) groups is 3. The number of carbonyl (C=O) groups excluding carboxylic acids is 3. The first-order valence-electron chi connectivity index (χ1n) is 13.9. The Morgan fingerprint density at radius 3 is 2.12 bits per heavy atom. The molecular formula is C32H35N3O5. The van der Waals surface area contributed by atoms with Crippen molar-refractivity contribution in [1.82, 2.24) is 14.7 Å². The van der Waals surface area contributed by atoms with Crippen molar-refractivity contribution in [1.29, 1.82) is 0 Å². The average molecular weight is 542 g/mol. The molecule has 1 N–H and O–H groups in total. The Kier molecular flexibility index (Phi) is 8.64. The summed E-state index contributed by atoms with van der Waals surface area (Å²) in [5, 5.41) is 9.49. The summed E-state index contributed by atoms with van der Waals surface area (Å²) in [5.41, 5.74) is 3.17. The molecule has 0 spiro atoms. The van der Waals surface area contributed by atoms with Crippen LogP contribution < -0.4 is 0 Å². The summed E-state index contributed by atoms with van der Waals surface area (Å²) in [6.45, 7) is 1.19. The fourth-order valence-electron chi connectivity index (χ4n) is 5.53. The smallest absolute Gasteiger partial charge is 0.411 e. The van der Waals surface area contributed by atoms with Crippen LogP contribution in [0.1, 0.15) is 29.5 Å². The number of ether oxygens (including phenoxy) is 1. The van der Waals surface area contributed by atoms with Gasteiger partial charge in [0.25, 0.3) is 0 Å². The summed E-state index contributed by atoms with van der Waals surface area (Å²) in [4.78, 5) is 45.3. The van der Waals surface area contributed by atoms with E-state index in [0.29, 0.717) is 32.2 Å². The van der Waals surface area contributed by atoms with Crippen molar-refractivity contribution < 1.29 is 24.2 Å². The Bertz CT molecular complexity index is 1300. The molecule has 2 fully saturated rings. The largest absolute Gasteiger partial charge is 0.508 e. The Hall–Kier alpha value is -4.33. The van der Waals surface area contributed by atoms with E-state index in [2.05, 4.69) is 0 Å². The van der Waals surface area contributed by atoms with Gasteiger partial charge in [-0.3, -0.25) is 14.5 Å². The molecule has 8 heteroatoms. The van der Waals surface area contributed by atoms with Crippen molar-refractivity contribution >= 4 is 17.9 Å². The van der Waals surface area contributed by atoms with E-state index in [1.807, 2.05) is 60.7 Å². The van der Waals surface area contributed by atoms with Gasteiger partial charge in [-0.15, -0.1) is 0 Å². The lowest BCUT2D eigenvalue weighted by Gasteiger charge is -2.52. The number of aryl methyl sites for hydroxylation is 1. The molecule has 2 aliphatic heterocycles. The van der Waals surface area contributed by atoms with Gasteiger partial charge in [0.05, 0.1) is 13.2 Å². The van der Waals surface area contributed by atoms with Crippen LogP contribution in [-0.2, 0) is 33.6 Å². The number of phenolic OH excluding ortho intramolecular Hbond substituents is 1. The second-order valence-electron chi connectivity index (χ2n) is 10.3. The molecule has 2 aliphatic rings. The third-order valence-corrected chi connectivity index (χ3v) is 7.70. The van der Waals surface area contributed by atoms with Crippen molar-refractivity contribution in [3.63, 3.8) is 0 Å². The third kappa shape index (κ3) is 6.45. The SMILES string of the molecule is O=C1[C@H](CCc2ccccc2)N2C(=O)CCN(C(=O)OCCc3ccc(O)cc3)[C@H]2CN1CCc1ccccc1. The second-order valence-corrected chi connectivity index (χ2v) is 10.3. The molecule has 5 rings (SSSR count). The Morgan fingerprint density at radius 2 is 1.45 bits per heavy atom. The molecule has 0 radical (unpaired) electrons. The lowest BCUT2D eigenvalue weighted by molar-refractivity contribution is -0.168. The van der Waals surface area contributed by atoms with E-state index in [9.17, 15) is 19.5 Å². The fraction of sp³-hybridized carbons (Fsp3) is 0.344. The molecule has 3 amide bonds. The highest BCUT2D eigenvalue weighted by Crippen LogP contribution is 2.29. The molecule has 0 saturated carbocycles. The number of amides is 3. The summed E-state index contributed by atoms with van der Waals surface area (Å²) in [6, 6.07) is 26.1. The number of benzene rings is 3. The lowest BCUT2D eigenvalue weighted by Crippen LogP contribution is -2.71. The summed E-state index contributed by atoms with van der Waals surface area (Å²) in [5.74, 6) is 0.00979. The molecule has 0 aromatic heterocycles. The molecule has 3 aromatic carbocycles. The number of hydrogen-bond acceptors (Lipinski definition) is 5. The van der Waals surface area contributed by atoms with Crippen LogP contribution >= 0.6 is 0 Å². The van der Waals surface area contributed by atoms with E-state index >= 15 is 0 Å². The second kappa shape index (κ2) is 12.7. The zero-order valence-corrected chi connectivity index (χ0v) is 22.5. The highest BCUT2D eigenvalue weighted by molar-refractivity contribution is 5.90. The summed E-state index contributed by atoms with van der Waals surface area (Å²) in [6.07, 6.45) is 1.43. The fourth-order valence-corrected chi connectivity index (χ4v) is 5.53. The van der Waals surface area contributed by atoms with Gasteiger partial charge in [-0.2, -0.15) is 0 Å². The topological polar surface area (TPSA) is 90.4 Å². The Labute approximate surface area is 234 Å². The van der Waals surface area contributed by atoms with Crippen molar-refractivity contribution in [2.24, 2.45) is 0 Å². The van der Waals surface area contributed by atoms with Crippen molar-refractivity contribution in [3.05, 3.63) is 102 Å². The van der Waals surface area contributed by atoms with E-state index in [0.717, 1.165) is 16.7 Å². The van der Waals surface area contributed by atoms with Gasteiger partial charge in [-0.25, -0.2) is 4.79 Å². The maximum Gasteiger partial charge on any atom is 0.411 e. The van der Waals surface area contributed by atoms with Crippen LogP contribution in [0.15, 0.2) is 84.9 Å². The molecule has 0 bridgehead atoms. The Morgan fingerprint density at radius 1 is 0.825 bits per heavy atom. The van der Waals surface area contributed by atoms with Gasteiger partial charge in [0.2, 0.25) is 11.8 Å². The van der Waals surface area contributed by atoms with Crippen molar-refractivity contribution in [2.75, 3.05) is 26.2 Å². The first-order valence-corrected chi connectivity index (χ1v) is 13.9. The zero-order chi connectivity index (χ0) is 27.9. The minimum atomic E-state index is -0.644. The van der Waals surface area contributed by atoms with Gasteiger partial charge in [0, 0.05) is 25.9 Å². The van der Waals surface area contributed by atoms with Crippen molar-refractivity contribution in [3.8, 4) is 5.75 Å².